The second-order valence-electron chi connectivity index (χ2n) is 10.3. The van der Waals surface area contributed by atoms with Gasteiger partial charge in [0.25, 0.3) is 5.91 Å². The number of imidazole rings is 2. The van der Waals surface area contributed by atoms with E-state index < -0.39 is 81.7 Å². The molecule has 0 aromatic carbocycles. The van der Waals surface area contributed by atoms with Crippen molar-refractivity contribution in [3.8, 4) is 0 Å². The van der Waals surface area contributed by atoms with E-state index in [1.807, 2.05) is 0 Å². The number of primary amides is 1. The first kappa shape index (κ1) is 31.2. The van der Waals surface area contributed by atoms with Crippen LogP contribution in [-0.2, 0) is 43.9 Å². The normalized spacial score (nSPS) is 37.6. The molecule has 0 saturated carbocycles. The lowest BCUT2D eigenvalue weighted by molar-refractivity contribution is -0.0474. The predicted molar refractivity (Wildman–Crippen MR) is 156 cm³/mol. The lowest BCUT2D eigenvalue weighted by atomic mass is 10.0. The van der Waals surface area contributed by atoms with Crippen LogP contribution in [0.1, 0.15) is 28.4 Å². The summed E-state index contributed by atoms with van der Waals surface area (Å²) >= 11 is 9.26. The predicted octanol–water partition coefficient (Wildman–Crippen LogP) is 1.38. The third kappa shape index (κ3) is 5.83. The van der Waals surface area contributed by atoms with Gasteiger partial charge in [-0.25, -0.2) is 23.9 Å². The summed E-state index contributed by atoms with van der Waals surface area (Å²) in [6.07, 6.45) is -4.19. The molecule has 240 valence electrons. The zero-order valence-corrected chi connectivity index (χ0v) is 26.1. The molecule has 2 unspecified atom stereocenters. The summed E-state index contributed by atoms with van der Waals surface area (Å²) < 4.78 is 66.6. The van der Waals surface area contributed by atoms with Crippen LogP contribution in [0.4, 0.5) is 4.39 Å². The number of aromatic nitrogens is 6. The SMILES string of the molecule is NC(=O)c1cc([C@@H]2O[C@@H]3COP(=O)(S)O[C@H]4[C@@H](F)[C@H](n5cnc6c5ncn5ccnc65)O[C@@H]4COP(O)(=S)O[C@@H]2[C@@H]3O)ccn1. The fourth-order valence-corrected chi connectivity index (χ4v) is 8.34. The first-order chi connectivity index (χ1) is 21.4. The highest BCUT2D eigenvalue weighted by atomic mass is 32.7. The van der Waals surface area contributed by atoms with Crippen LogP contribution in [0.15, 0.2) is 43.4 Å². The van der Waals surface area contributed by atoms with Crippen LogP contribution in [0.3, 0.4) is 0 Å². The number of thiol groups is 1. The molecule has 1 amide bonds. The van der Waals surface area contributed by atoms with Crippen molar-refractivity contribution in [1.29, 1.82) is 0 Å². The van der Waals surface area contributed by atoms with Crippen molar-refractivity contribution in [2.24, 2.45) is 5.73 Å². The minimum Gasteiger partial charge on any atom is -0.387 e. The summed E-state index contributed by atoms with van der Waals surface area (Å²) in [6, 6.07) is 2.80. The standard InChI is InChI=1S/C23H24FN7O10P2S2/c24-14-18-13(39-23(14)31-9-28-15-21-27-3-4-30(21)8-29-22(15)31)7-37-43(35,45)41-19-16(32)12(6-36-42(34,44)40-18)38-17(19)10-1-2-26-11(5-10)20(25)33/h1-5,8-9,12-14,16-19,23,32H,6-7H2,(H2,25,33)(H,34,44)(H,35,45)/t12-,13-,14-,16-,17+,18-,19-,23-,42?,43?/m1/s1. The second kappa shape index (κ2) is 11.7. The van der Waals surface area contributed by atoms with Crippen molar-refractivity contribution >= 4 is 60.3 Å². The van der Waals surface area contributed by atoms with Crippen LogP contribution in [0.25, 0.3) is 16.8 Å². The zero-order chi connectivity index (χ0) is 31.7. The summed E-state index contributed by atoms with van der Waals surface area (Å²) in [5.41, 5.74) is 6.66. The molecule has 0 spiro atoms. The maximum absolute atomic E-state index is 16.1. The largest absolute Gasteiger partial charge is 0.387 e. The Morgan fingerprint density at radius 3 is 2.67 bits per heavy atom. The Morgan fingerprint density at radius 1 is 1.07 bits per heavy atom. The lowest BCUT2D eigenvalue weighted by Gasteiger charge is -2.27. The maximum Gasteiger partial charge on any atom is 0.386 e. The molecule has 4 N–H and O–H groups in total. The quantitative estimate of drug-likeness (QED) is 0.175. The van der Waals surface area contributed by atoms with Gasteiger partial charge in [-0.1, -0.05) is 12.2 Å². The van der Waals surface area contributed by atoms with E-state index in [4.69, 9.17) is 45.1 Å². The number of carbonyl (C=O) groups is 1. The molecule has 0 radical (unpaired) electrons. The van der Waals surface area contributed by atoms with Crippen molar-refractivity contribution < 1.29 is 51.3 Å². The number of nitrogens with two attached hydrogens (primary N) is 1. The zero-order valence-electron chi connectivity index (χ0n) is 22.6. The van der Waals surface area contributed by atoms with Crippen LogP contribution in [0.5, 0.6) is 0 Å². The van der Waals surface area contributed by atoms with Crippen LogP contribution < -0.4 is 5.73 Å². The molecule has 22 heteroatoms. The Bertz CT molecular complexity index is 1880. The summed E-state index contributed by atoms with van der Waals surface area (Å²) in [4.78, 5) is 39.5. The monoisotopic (exact) mass is 703 g/mol. The number of hydrogen-bond donors (Lipinski definition) is 4. The molecule has 3 aliphatic heterocycles. The van der Waals surface area contributed by atoms with Crippen LogP contribution >= 0.6 is 25.8 Å². The first-order valence-electron chi connectivity index (χ1n) is 13.3. The molecule has 3 aliphatic rings. The lowest BCUT2D eigenvalue weighted by Crippen LogP contribution is -2.34. The molecule has 2 bridgehead atoms. The summed E-state index contributed by atoms with van der Waals surface area (Å²) in [5, 5.41) is 11.1. The van der Waals surface area contributed by atoms with Crippen molar-refractivity contribution in [3.63, 3.8) is 0 Å². The van der Waals surface area contributed by atoms with E-state index in [9.17, 15) is 19.4 Å². The summed E-state index contributed by atoms with van der Waals surface area (Å²) in [5.74, 6) is -0.816. The molecule has 45 heavy (non-hydrogen) atoms. The highest BCUT2D eigenvalue weighted by molar-refractivity contribution is 8.44. The van der Waals surface area contributed by atoms with Gasteiger partial charge in [0.15, 0.2) is 29.2 Å². The number of ether oxygens (including phenoxy) is 2. The number of nitrogens with zero attached hydrogens (tertiary/aromatic N) is 6. The Morgan fingerprint density at radius 2 is 1.87 bits per heavy atom. The number of amides is 1. The number of carbonyl (C=O) groups excluding carboxylic acids is 1. The third-order valence-corrected chi connectivity index (χ3v) is 10.7. The van der Waals surface area contributed by atoms with E-state index in [0.29, 0.717) is 16.7 Å². The van der Waals surface area contributed by atoms with Gasteiger partial charge in [0.1, 0.15) is 48.6 Å². The van der Waals surface area contributed by atoms with Crippen molar-refractivity contribution in [3.05, 3.63) is 54.6 Å². The molecule has 7 heterocycles. The Labute approximate surface area is 262 Å². The molecule has 4 aromatic rings. The molecule has 7 rings (SSSR count). The smallest absolute Gasteiger partial charge is 0.386 e. The van der Waals surface area contributed by atoms with Crippen LogP contribution in [0.2, 0.25) is 0 Å². The fraction of sp³-hybridized carbons (Fsp3) is 0.435. The number of aliphatic hydroxyl groups excluding tert-OH is 1. The average molecular weight is 704 g/mol. The summed E-state index contributed by atoms with van der Waals surface area (Å²) in [7, 11) is 0. The molecule has 3 saturated heterocycles. The van der Waals surface area contributed by atoms with E-state index in [0.717, 1.165) is 0 Å². The van der Waals surface area contributed by atoms with Gasteiger partial charge in [-0.2, -0.15) is 0 Å². The minimum atomic E-state index is -4.36. The number of alkyl halides is 1. The fourth-order valence-electron chi connectivity index (χ4n) is 5.43. The number of fused-ring (bicyclic) bond motifs is 6. The highest BCUT2D eigenvalue weighted by Gasteiger charge is 2.53. The molecule has 0 aliphatic carbocycles. The molecule has 4 aromatic heterocycles. The molecular weight excluding hydrogens is 679 g/mol. The maximum atomic E-state index is 16.1. The van der Waals surface area contributed by atoms with E-state index in [1.54, 1.807) is 16.8 Å². The van der Waals surface area contributed by atoms with Crippen LogP contribution in [-0.4, -0.2) is 94.7 Å². The van der Waals surface area contributed by atoms with Gasteiger partial charge in [0.05, 0.1) is 19.5 Å². The number of hydrogen-bond acceptors (Lipinski definition) is 14. The van der Waals surface area contributed by atoms with Gasteiger partial charge in [-0.15, -0.1) is 0 Å². The number of pyridine rings is 1. The van der Waals surface area contributed by atoms with Gasteiger partial charge in [0.2, 0.25) is 0 Å². The topological polar surface area (TPSA) is 217 Å². The first-order valence-corrected chi connectivity index (χ1v) is 18.5. The number of halogens is 1. The van der Waals surface area contributed by atoms with Gasteiger partial charge in [-0.3, -0.25) is 32.3 Å². The summed E-state index contributed by atoms with van der Waals surface area (Å²) in [6.45, 7) is -9.72. The average Bonchev–Trinajstić information content (AvgIpc) is 3.77. The Kier molecular flexibility index (Phi) is 8.07. The van der Waals surface area contributed by atoms with Gasteiger partial charge in [-0.05, 0) is 29.5 Å². The highest BCUT2D eigenvalue weighted by Crippen LogP contribution is 2.58. The molecular formula is C23H24FN7O10P2S2. The van der Waals surface area contributed by atoms with E-state index in [2.05, 4.69) is 32.2 Å². The number of aliphatic hydroxyl groups is 1. The second-order valence-corrected chi connectivity index (χ2v) is 16.0. The van der Waals surface area contributed by atoms with Crippen molar-refractivity contribution in [1.82, 2.24) is 28.9 Å². The van der Waals surface area contributed by atoms with Gasteiger partial charge in [0, 0.05) is 18.6 Å². The third-order valence-electron chi connectivity index (χ3n) is 7.51. The van der Waals surface area contributed by atoms with E-state index in [-0.39, 0.29) is 11.3 Å². The molecule has 10 atom stereocenters. The number of rotatable bonds is 3. The van der Waals surface area contributed by atoms with Gasteiger partial charge < -0.3 is 29.7 Å². The van der Waals surface area contributed by atoms with Crippen LogP contribution in [0, 0.1) is 0 Å². The Hall–Kier alpha value is -2.45. The Balaban J connectivity index is 1.19. The van der Waals surface area contributed by atoms with E-state index in [1.165, 1.54) is 35.6 Å². The molecule has 17 nitrogen and oxygen atoms in total. The minimum absolute atomic E-state index is 0.0961. The van der Waals surface area contributed by atoms with Gasteiger partial charge >= 0.3 is 13.5 Å². The van der Waals surface area contributed by atoms with E-state index >= 15 is 4.39 Å². The van der Waals surface area contributed by atoms with Crippen molar-refractivity contribution in [2.75, 3.05) is 13.2 Å². The van der Waals surface area contributed by atoms with Crippen molar-refractivity contribution in [2.45, 2.75) is 49.0 Å². The molecule has 3 fully saturated rings.